The smallest absolute Gasteiger partial charge is 0.304 e. The maximum absolute atomic E-state index is 12.7. The van der Waals surface area contributed by atoms with E-state index in [0.29, 0.717) is 0 Å². The molecule has 0 radical (unpaired) electrons. The number of rotatable bonds is 3. The number of nitrogens with zero attached hydrogens (tertiary/aromatic N) is 1. The van der Waals surface area contributed by atoms with Crippen LogP contribution in [0.2, 0.25) is 0 Å². The zero-order valence-corrected chi connectivity index (χ0v) is 9.01. The molecule has 1 heterocycles. The van der Waals surface area contributed by atoms with Crippen LogP contribution in [0.25, 0.3) is 0 Å². The molecule has 0 saturated heterocycles. The molecular formula is C10H13F3N2O. The average Bonchev–Trinajstić information content (AvgIpc) is 2.16. The van der Waals surface area contributed by atoms with E-state index >= 15 is 0 Å². The predicted molar refractivity (Wildman–Crippen MR) is 52.4 cm³/mol. The van der Waals surface area contributed by atoms with Gasteiger partial charge in [-0.05, 0) is 11.6 Å². The zero-order chi connectivity index (χ0) is 12.4. The summed E-state index contributed by atoms with van der Waals surface area (Å²) in [5, 5.41) is 0. The van der Waals surface area contributed by atoms with Crippen LogP contribution in [-0.4, -0.2) is 11.6 Å². The van der Waals surface area contributed by atoms with Gasteiger partial charge in [0, 0.05) is 11.6 Å². The topological polar surface area (TPSA) is 48.1 Å². The fourth-order valence-corrected chi connectivity index (χ4v) is 1.46. The molecule has 0 bridgehead atoms. The van der Waals surface area contributed by atoms with Crippen LogP contribution in [0.3, 0.4) is 0 Å². The SMILES string of the molecule is CC(C)(CON)c1cccnc1C(F)(F)F. The van der Waals surface area contributed by atoms with Gasteiger partial charge in [-0.25, -0.2) is 5.90 Å². The summed E-state index contributed by atoms with van der Waals surface area (Å²) in [4.78, 5) is 7.81. The highest BCUT2D eigenvalue weighted by molar-refractivity contribution is 5.30. The second-order valence-corrected chi connectivity index (χ2v) is 4.09. The quantitative estimate of drug-likeness (QED) is 0.816. The number of hydrogen-bond donors (Lipinski definition) is 1. The van der Waals surface area contributed by atoms with Gasteiger partial charge in [0.25, 0.3) is 0 Å². The maximum atomic E-state index is 12.7. The molecule has 0 aliphatic heterocycles. The average molecular weight is 234 g/mol. The first-order chi connectivity index (χ1) is 7.29. The number of halogens is 3. The van der Waals surface area contributed by atoms with Crippen LogP contribution in [0.4, 0.5) is 13.2 Å². The number of hydrogen-bond acceptors (Lipinski definition) is 3. The van der Waals surface area contributed by atoms with Crippen molar-refractivity contribution in [3.63, 3.8) is 0 Å². The molecule has 0 fully saturated rings. The number of alkyl halides is 3. The van der Waals surface area contributed by atoms with Crippen molar-refractivity contribution in [1.29, 1.82) is 0 Å². The Kier molecular flexibility index (Phi) is 3.54. The molecule has 16 heavy (non-hydrogen) atoms. The fraction of sp³-hybridized carbons (Fsp3) is 0.500. The summed E-state index contributed by atoms with van der Waals surface area (Å²) >= 11 is 0. The molecule has 1 rings (SSSR count). The van der Waals surface area contributed by atoms with Crippen molar-refractivity contribution in [2.75, 3.05) is 6.61 Å². The molecule has 1 aromatic heterocycles. The summed E-state index contributed by atoms with van der Waals surface area (Å²) in [6, 6.07) is 2.84. The summed E-state index contributed by atoms with van der Waals surface area (Å²) in [5.41, 5.74) is -1.65. The van der Waals surface area contributed by atoms with E-state index in [0.717, 1.165) is 6.20 Å². The van der Waals surface area contributed by atoms with Crippen molar-refractivity contribution in [3.8, 4) is 0 Å². The van der Waals surface area contributed by atoms with Crippen LogP contribution >= 0.6 is 0 Å². The lowest BCUT2D eigenvalue weighted by molar-refractivity contribution is -0.142. The Hall–Kier alpha value is -1.14. The summed E-state index contributed by atoms with van der Waals surface area (Å²) in [6.45, 7) is 3.22. The maximum Gasteiger partial charge on any atom is 0.433 e. The highest BCUT2D eigenvalue weighted by atomic mass is 19.4. The van der Waals surface area contributed by atoms with Gasteiger partial charge >= 0.3 is 6.18 Å². The van der Waals surface area contributed by atoms with Crippen molar-refractivity contribution in [3.05, 3.63) is 29.6 Å². The molecule has 6 heteroatoms. The van der Waals surface area contributed by atoms with Gasteiger partial charge in [0.2, 0.25) is 0 Å². The second-order valence-electron chi connectivity index (χ2n) is 4.09. The normalized spacial score (nSPS) is 12.9. The van der Waals surface area contributed by atoms with Crippen LogP contribution < -0.4 is 5.90 Å². The van der Waals surface area contributed by atoms with Gasteiger partial charge in [-0.15, -0.1) is 0 Å². The van der Waals surface area contributed by atoms with Gasteiger partial charge in [0.1, 0.15) is 5.69 Å². The molecule has 2 N–H and O–H groups in total. The van der Waals surface area contributed by atoms with Gasteiger partial charge < -0.3 is 4.84 Å². The van der Waals surface area contributed by atoms with E-state index in [4.69, 9.17) is 5.90 Å². The molecule has 0 aromatic carbocycles. The van der Waals surface area contributed by atoms with Gasteiger partial charge in [0.05, 0.1) is 6.61 Å². The van der Waals surface area contributed by atoms with Crippen LogP contribution in [0.15, 0.2) is 18.3 Å². The number of aromatic nitrogens is 1. The van der Waals surface area contributed by atoms with Crippen molar-refractivity contribution in [2.45, 2.75) is 25.4 Å². The first-order valence-corrected chi connectivity index (χ1v) is 4.63. The van der Waals surface area contributed by atoms with Crippen LogP contribution in [0.1, 0.15) is 25.1 Å². The lowest BCUT2D eigenvalue weighted by Gasteiger charge is -2.26. The summed E-state index contributed by atoms with van der Waals surface area (Å²) in [6.07, 6.45) is -3.35. The van der Waals surface area contributed by atoms with Crippen molar-refractivity contribution >= 4 is 0 Å². The van der Waals surface area contributed by atoms with E-state index in [1.54, 1.807) is 13.8 Å². The summed E-state index contributed by atoms with van der Waals surface area (Å²) in [7, 11) is 0. The van der Waals surface area contributed by atoms with Gasteiger partial charge in [-0.2, -0.15) is 13.2 Å². The van der Waals surface area contributed by atoms with Crippen molar-refractivity contribution in [1.82, 2.24) is 4.98 Å². The fourth-order valence-electron chi connectivity index (χ4n) is 1.46. The number of pyridine rings is 1. The highest BCUT2D eigenvalue weighted by Crippen LogP contribution is 2.35. The predicted octanol–water partition coefficient (Wildman–Crippen LogP) is 2.27. The lowest BCUT2D eigenvalue weighted by Crippen LogP contribution is -2.30. The molecular weight excluding hydrogens is 221 g/mol. The van der Waals surface area contributed by atoms with E-state index in [1.807, 2.05) is 0 Å². The molecule has 0 aliphatic rings. The third kappa shape index (κ3) is 2.70. The van der Waals surface area contributed by atoms with E-state index in [2.05, 4.69) is 9.82 Å². The van der Waals surface area contributed by atoms with Gasteiger partial charge in [-0.1, -0.05) is 19.9 Å². The van der Waals surface area contributed by atoms with E-state index < -0.39 is 17.3 Å². The lowest BCUT2D eigenvalue weighted by atomic mass is 9.84. The molecule has 0 aliphatic carbocycles. The van der Waals surface area contributed by atoms with Crippen molar-refractivity contribution < 1.29 is 18.0 Å². The minimum atomic E-state index is -4.47. The van der Waals surface area contributed by atoms with Gasteiger partial charge in [-0.3, -0.25) is 4.98 Å². The molecule has 0 amide bonds. The third-order valence-corrected chi connectivity index (χ3v) is 2.25. The van der Waals surface area contributed by atoms with Crippen LogP contribution in [0, 0.1) is 0 Å². The van der Waals surface area contributed by atoms with Crippen molar-refractivity contribution in [2.24, 2.45) is 5.90 Å². The minimum absolute atomic E-state index is 0.0121. The Morgan fingerprint density at radius 1 is 1.38 bits per heavy atom. The Morgan fingerprint density at radius 3 is 2.50 bits per heavy atom. The molecule has 0 atom stereocenters. The third-order valence-electron chi connectivity index (χ3n) is 2.25. The highest BCUT2D eigenvalue weighted by Gasteiger charge is 2.39. The molecule has 0 spiro atoms. The minimum Gasteiger partial charge on any atom is -0.304 e. The molecule has 1 aromatic rings. The Balaban J connectivity index is 3.23. The van der Waals surface area contributed by atoms with Crippen LogP contribution in [0.5, 0.6) is 0 Å². The zero-order valence-electron chi connectivity index (χ0n) is 9.01. The molecule has 0 unspecified atom stereocenters. The molecule has 0 saturated carbocycles. The first kappa shape index (κ1) is 12.9. The number of nitrogens with two attached hydrogens (primary N) is 1. The Morgan fingerprint density at radius 2 is 2.00 bits per heavy atom. The monoisotopic (exact) mass is 234 g/mol. The standard InChI is InChI=1S/C10H13F3N2O/c1-9(2,6-16-14)7-4-3-5-15-8(7)10(11,12)13/h3-5H,6,14H2,1-2H3. The summed E-state index contributed by atoms with van der Waals surface area (Å²) in [5.74, 6) is 4.91. The second kappa shape index (κ2) is 4.39. The van der Waals surface area contributed by atoms with E-state index in [-0.39, 0.29) is 12.2 Å². The Labute approximate surface area is 91.4 Å². The van der Waals surface area contributed by atoms with Crippen LogP contribution in [-0.2, 0) is 16.4 Å². The summed E-state index contributed by atoms with van der Waals surface area (Å²) < 4.78 is 38.1. The first-order valence-electron chi connectivity index (χ1n) is 4.63. The molecule has 3 nitrogen and oxygen atoms in total. The molecule has 90 valence electrons. The van der Waals surface area contributed by atoms with Gasteiger partial charge in [0.15, 0.2) is 0 Å². The largest absolute Gasteiger partial charge is 0.433 e. The Bertz CT molecular complexity index is 363. The van der Waals surface area contributed by atoms with E-state index in [1.165, 1.54) is 12.1 Å². The van der Waals surface area contributed by atoms with E-state index in [9.17, 15) is 13.2 Å².